The Morgan fingerprint density at radius 2 is 1.76 bits per heavy atom. The normalized spacial score (nSPS) is 18.2. The summed E-state index contributed by atoms with van der Waals surface area (Å²) in [7, 11) is 0. The predicted molar refractivity (Wildman–Crippen MR) is 195 cm³/mol. The number of amides is 5. The van der Waals surface area contributed by atoms with Crippen molar-refractivity contribution < 1.29 is 37.9 Å². The molecule has 1 saturated carbocycles. The van der Waals surface area contributed by atoms with Gasteiger partial charge in [-0.15, -0.1) is 0 Å². The highest BCUT2D eigenvalue weighted by Crippen LogP contribution is 2.39. The molecule has 0 saturated heterocycles. The molecule has 5 N–H and O–H groups in total. The fourth-order valence-electron chi connectivity index (χ4n) is 7.02. The Bertz CT molecular complexity index is 1880. The second kappa shape index (κ2) is 17.2. The van der Waals surface area contributed by atoms with E-state index in [0.29, 0.717) is 31.6 Å². The molecule has 0 unspecified atom stereocenters. The number of carbonyl (C=O) groups is 5. The van der Waals surface area contributed by atoms with E-state index in [0.717, 1.165) is 28.7 Å². The minimum Gasteiger partial charge on any atom is -0.387 e. The minimum absolute atomic E-state index is 0.0222. The van der Waals surface area contributed by atoms with E-state index in [9.17, 15) is 33.5 Å². The summed E-state index contributed by atoms with van der Waals surface area (Å²) in [5.74, 6) is -3.47. The molecule has 1 aromatic heterocycles. The molecule has 2 aliphatic rings. The van der Waals surface area contributed by atoms with Gasteiger partial charge in [-0.25, -0.2) is 13.8 Å². The molecule has 0 radical (unpaired) electrons. The molecular formula is C39H47F2N7O6. The molecule has 1 aliphatic carbocycles. The van der Waals surface area contributed by atoms with Crippen molar-refractivity contribution in [3.8, 4) is 11.3 Å². The fraction of sp³-hybridized carbons (Fsp3) is 0.436. The summed E-state index contributed by atoms with van der Waals surface area (Å²) in [5.41, 5.74) is 6.67. The molecule has 1 aliphatic heterocycles. The molecule has 13 nitrogen and oxygen atoms in total. The lowest BCUT2D eigenvalue weighted by molar-refractivity contribution is -0.140. The van der Waals surface area contributed by atoms with Gasteiger partial charge < -0.3 is 30.9 Å². The quantitative estimate of drug-likeness (QED) is 0.172. The topological polar surface area (TPSA) is 180 Å². The standard InChI is InChI=1S/C39H47F2N7O6/c1-39(2,3)35(36-45-31(28-20-26(40)10-12-29(28)41)22-46(36)21-24-7-5-4-6-8-24)48(34(52)23-49)17-15-30(42)38(54)44-27-11-9-25(19-27)37(53)43-16-18-47-32(50)13-14-33(47)51/h4-8,10,12-14,20,22,25,27,30,35,49H,9,11,15-19,21,23,42H2,1-3H3,(H,43,53)(H,44,54)/t25-,27-,30+,35+/m1/s1. The van der Waals surface area contributed by atoms with Crippen molar-refractivity contribution in [3.63, 3.8) is 0 Å². The molecule has 2 aromatic carbocycles. The first-order valence-corrected chi connectivity index (χ1v) is 18.0. The molecule has 0 bridgehead atoms. The highest BCUT2D eigenvalue weighted by atomic mass is 19.1. The van der Waals surface area contributed by atoms with Crippen LogP contribution in [0.5, 0.6) is 0 Å². The zero-order chi connectivity index (χ0) is 39.2. The zero-order valence-electron chi connectivity index (χ0n) is 30.6. The zero-order valence-corrected chi connectivity index (χ0v) is 30.6. The average Bonchev–Trinajstić information content (AvgIpc) is 3.86. The molecule has 4 atom stereocenters. The smallest absolute Gasteiger partial charge is 0.253 e. The number of rotatable bonds is 15. The second-order valence-electron chi connectivity index (χ2n) is 14.8. The van der Waals surface area contributed by atoms with Crippen LogP contribution in [0.4, 0.5) is 8.78 Å². The first-order chi connectivity index (χ1) is 25.7. The van der Waals surface area contributed by atoms with Crippen LogP contribution in [0.3, 0.4) is 0 Å². The summed E-state index contributed by atoms with van der Waals surface area (Å²) < 4.78 is 31.1. The van der Waals surface area contributed by atoms with Crippen molar-refractivity contribution in [3.05, 3.63) is 89.9 Å². The largest absolute Gasteiger partial charge is 0.387 e. The number of imidazole rings is 1. The van der Waals surface area contributed by atoms with Gasteiger partial charge in [0.05, 0.1) is 17.8 Å². The third kappa shape index (κ3) is 9.63. The van der Waals surface area contributed by atoms with Gasteiger partial charge in [-0.2, -0.15) is 0 Å². The lowest BCUT2D eigenvalue weighted by Crippen LogP contribution is -2.49. The number of nitrogens with zero attached hydrogens (tertiary/aromatic N) is 4. The summed E-state index contributed by atoms with van der Waals surface area (Å²) >= 11 is 0. The summed E-state index contributed by atoms with van der Waals surface area (Å²) in [4.78, 5) is 70.2. The van der Waals surface area contributed by atoms with Gasteiger partial charge in [0.2, 0.25) is 17.7 Å². The summed E-state index contributed by atoms with van der Waals surface area (Å²) in [6.45, 7) is 5.28. The van der Waals surface area contributed by atoms with Crippen molar-refractivity contribution >= 4 is 29.5 Å². The number of nitrogens with one attached hydrogen (secondary N) is 2. The fourth-order valence-corrected chi connectivity index (χ4v) is 7.02. The molecule has 5 rings (SSSR count). The average molecular weight is 748 g/mol. The van der Waals surface area contributed by atoms with Crippen molar-refractivity contribution in [1.29, 1.82) is 0 Å². The number of hydrogen-bond acceptors (Lipinski definition) is 8. The number of halogens is 2. The molecule has 0 spiro atoms. The maximum atomic E-state index is 15.0. The number of aliphatic hydroxyl groups is 1. The monoisotopic (exact) mass is 747 g/mol. The van der Waals surface area contributed by atoms with Gasteiger partial charge in [0.15, 0.2) is 0 Å². The first-order valence-electron chi connectivity index (χ1n) is 18.0. The van der Waals surface area contributed by atoms with Crippen LogP contribution in [0.1, 0.15) is 63.9 Å². The Hall–Kier alpha value is -5.28. The van der Waals surface area contributed by atoms with Gasteiger partial charge in [0.1, 0.15) is 24.1 Å². The molecule has 54 heavy (non-hydrogen) atoms. The van der Waals surface area contributed by atoms with Gasteiger partial charge in [0, 0.05) is 62.1 Å². The summed E-state index contributed by atoms with van der Waals surface area (Å²) in [5, 5.41) is 15.8. The molecule has 3 aromatic rings. The van der Waals surface area contributed by atoms with Crippen molar-refractivity contribution in [2.24, 2.45) is 17.1 Å². The van der Waals surface area contributed by atoms with Crippen molar-refractivity contribution in [1.82, 2.24) is 30.0 Å². The van der Waals surface area contributed by atoms with E-state index in [1.54, 1.807) is 10.8 Å². The molecule has 2 heterocycles. The SMILES string of the molecule is CC(C)(C)[C@H](c1nc(-c2cc(F)ccc2F)cn1Cc1ccccc1)N(CC[C@H](N)C(=O)N[C@@H]1CC[C@@H](C(=O)NCCN2C(=O)C=CC2=O)C1)C(=O)CO. The predicted octanol–water partition coefficient (Wildman–Crippen LogP) is 2.83. The highest BCUT2D eigenvalue weighted by molar-refractivity contribution is 6.12. The number of benzene rings is 2. The van der Waals surface area contributed by atoms with E-state index in [1.807, 2.05) is 51.1 Å². The van der Waals surface area contributed by atoms with E-state index in [1.165, 1.54) is 17.1 Å². The van der Waals surface area contributed by atoms with E-state index in [4.69, 9.17) is 10.7 Å². The maximum Gasteiger partial charge on any atom is 0.253 e. The van der Waals surface area contributed by atoms with Crippen LogP contribution in [-0.2, 0) is 30.5 Å². The number of carbonyl (C=O) groups excluding carboxylic acids is 5. The number of imide groups is 1. The lowest BCUT2D eigenvalue weighted by atomic mass is 9.84. The third-order valence-electron chi connectivity index (χ3n) is 9.74. The Morgan fingerprint density at radius 1 is 1.06 bits per heavy atom. The van der Waals surface area contributed by atoms with E-state index in [-0.39, 0.29) is 55.2 Å². The van der Waals surface area contributed by atoms with E-state index < -0.39 is 59.4 Å². The molecule has 5 amide bonds. The van der Waals surface area contributed by atoms with E-state index in [2.05, 4.69) is 10.6 Å². The Morgan fingerprint density at radius 3 is 2.43 bits per heavy atom. The van der Waals surface area contributed by atoms with Gasteiger partial charge in [-0.3, -0.25) is 28.9 Å². The molecule has 288 valence electrons. The van der Waals surface area contributed by atoms with Crippen LogP contribution < -0.4 is 16.4 Å². The minimum atomic E-state index is -1.04. The van der Waals surface area contributed by atoms with Gasteiger partial charge >= 0.3 is 0 Å². The van der Waals surface area contributed by atoms with Crippen LogP contribution in [0, 0.1) is 23.0 Å². The van der Waals surface area contributed by atoms with Crippen LogP contribution in [0.15, 0.2) is 66.9 Å². The Kier molecular flexibility index (Phi) is 12.7. The maximum absolute atomic E-state index is 15.0. The van der Waals surface area contributed by atoms with Gasteiger partial charge in [0.25, 0.3) is 11.8 Å². The van der Waals surface area contributed by atoms with Gasteiger partial charge in [-0.05, 0) is 54.9 Å². The van der Waals surface area contributed by atoms with Gasteiger partial charge in [-0.1, -0.05) is 51.1 Å². The molecular weight excluding hydrogens is 700 g/mol. The summed E-state index contributed by atoms with van der Waals surface area (Å²) in [6, 6.07) is 10.4. The van der Waals surface area contributed by atoms with Crippen LogP contribution >= 0.6 is 0 Å². The molecule has 15 heteroatoms. The Labute approximate surface area is 312 Å². The molecule has 1 fully saturated rings. The third-order valence-corrected chi connectivity index (χ3v) is 9.74. The number of aliphatic hydroxyl groups excluding tert-OH is 1. The van der Waals surface area contributed by atoms with E-state index >= 15 is 4.39 Å². The summed E-state index contributed by atoms with van der Waals surface area (Å²) in [6.07, 6.45) is 5.45. The van der Waals surface area contributed by atoms with Crippen LogP contribution in [0.2, 0.25) is 0 Å². The highest BCUT2D eigenvalue weighted by Gasteiger charge is 2.39. The van der Waals surface area contributed by atoms with Crippen LogP contribution in [0.25, 0.3) is 11.3 Å². The second-order valence-corrected chi connectivity index (χ2v) is 14.8. The van der Waals surface area contributed by atoms with Crippen molar-refractivity contribution in [2.75, 3.05) is 26.2 Å². The Balaban J connectivity index is 1.28. The van der Waals surface area contributed by atoms with Crippen molar-refractivity contribution in [2.45, 2.75) is 71.1 Å². The number of hydrogen-bond donors (Lipinski definition) is 4. The number of nitrogens with two attached hydrogens (primary N) is 1. The first kappa shape index (κ1) is 39.9. The lowest BCUT2D eigenvalue weighted by Gasteiger charge is -2.40. The van der Waals surface area contributed by atoms with Crippen LogP contribution in [-0.4, -0.2) is 92.3 Å². The number of aromatic nitrogens is 2.